The van der Waals surface area contributed by atoms with Crippen LogP contribution in [0, 0.1) is 29.4 Å². The topological polar surface area (TPSA) is 27.7 Å². The average molecular weight is 561 g/mol. The number of halogens is 7. The van der Waals surface area contributed by atoms with Crippen molar-refractivity contribution >= 4 is 0 Å². The van der Waals surface area contributed by atoms with Gasteiger partial charge in [-0.1, -0.05) is 18.7 Å². The second-order valence-corrected chi connectivity index (χ2v) is 10.3. The maximum absolute atomic E-state index is 14.8. The van der Waals surface area contributed by atoms with Crippen molar-refractivity contribution in [3.05, 3.63) is 66.3 Å². The molecule has 4 rings (SSSR count). The third kappa shape index (κ3) is 7.60. The predicted octanol–water partition coefficient (Wildman–Crippen LogP) is 9.18. The predicted molar refractivity (Wildman–Crippen MR) is 131 cm³/mol. The molecule has 0 spiro atoms. The van der Waals surface area contributed by atoms with Crippen molar-refractivity contribution in [2.75, 3.05) is 6.61 Å². The van der Waals surface area contributed by atoms with Gasteiger partial charge in [-0.15, -0.1) is 13.2 Å². The van der Waals surface area contributed by atoms with Crippen molar-refractivity contribution in [2.45, 2.75) is 69.8 Å². The molecule has 2 aromatic carbocycles. The summed E-state index contributed by atoms with van der Waals surface area (Å²) < 4.78 is 109. The highest BCUT2D eigenvalue weighted by Gasteiger charge is 2.45. The Morgan fingerprint density at radius 2 is 1.33 bits per heavy atom. The van der Waals surface area contributed by atoms with Gasteiger partial charge >= 0.3 is 12.5 Å². The third-order valence-electron chi connectivity index (χ3n) is 7.85. The van der Waals surface area contributed by atoms with Crippen molar-refractivity contribution in [2.24, 2.45) is 17.8 Å². The maximum atomic E-state index is 14.8. The molecule has 0 aliphatic heterocycles. The van der Waals surface area contributed by atoms with Gasteiger partial charge < -0.3 is 14.2 Å². The molecule has 0 amide bonds. The fraction of sp³-hybridized carbons (Fsp3) is 0.517. The summed E-state index contributed by atoms with van der Waals surface area (Å²) in [6.45, 7) is 3.88. The van der Waals surface area contributed by atoms with Crippen LogP contribution in [0.5, 0.6) is 17.2 Å². The molecule has 2 aliphatic rings. The molecule has 0 bridgehead atoms. The molecule has 10 heteroatoms. The quantitative estimate of drug-likeness (QED) is 0.226. The van der Waals surface area contributed by atoms with Crippen molar-refractivity contribution in [3.63, 3.8) is 0 Å². The first-order valence-electron chi connectivity index (χ1n) is 13.1. The van der Waals surface area contributed by atoms with E-state index in [1.165, 1.54) is 6.07 Å². The van der Waals surface area contributed by atoms with E-state index in [-0.39, 0.29) is 30.5 Å². The Morgan fingerprint density at radius 3 is 1.90 bits per heavy atom. The molecule has 214 valence electrons. The zero-order valence-electron chi connectivity index (χ0n) is 21.3. The summed E-state index contributed by atoms with van der Waals surface area (Å²) in [6, 6.07) is 6.83. The summed E-state index contributed by atoms with van der Waals surface area (Å²) >= 11 is 0. The van der Waals surface area contributed by atoms with Gasteiger partial charge in [-0.25, -0.2) is 8.78 Å². The van der Waals surface area contributed by atoms with Gasteiger partial charge in [0.05, 0.1) is 5.92 Å². The van der Waals surface area contributed by atoms with Crippen molar-refractivity contribution in [1.82, 2.24) is 0 Å². The highest BCUT2D eigenvalue weighted by molar-refractivity contribution is 5.34. The monoisotopic (exact) mass is 560 g/mol. The van der Waals surface area contributed by atoms with Crippen LogP contribution in [-0.4, -0.2) is 19.1 Å². The molecular weight excluding hydrogens is 529 g/mol. The van der Waals surface area contributed by atoms with E-state index in [0.29, 0.717) is 48.8 Å². The van der Waals surface area contributed by atoms with Crippen LogP contribution in [0.3, 0.4) is 0 Å². The molecule has 2 fully saturated rings. The van der Waals surface area contributed by atoms with Crippen LogP contribution in [-0.2, 0) is 0 Å². The summed E-state index contributed by atoms with van der Waals surface area (Å²) in [6.07, 6.45) is -2.04. The SMILES string of the molecule is C=CCOc1ccc(C2CCC(C3CCC(C(F)(F)Oc4ccc(OC(F)(F)F)c(F)c4)CC3)CC2)c(F)c1. The van der Waals surface area contributed by atoms with E-state index in [0.717, 1.165) is 31.7 Å². The lowest BCUT2D eigenvalue weighted by Crippen LogP contribution is -2.38. The highest BCUT2D eigenvalue weighted by Crippen LogP contribution is 2.47. The van der Waals surface area contributed by atoms with Gasteiger partial charge in [-0.05, 0) is 92.9 Å². The molecule has 2 saturated carbocycles. The minimum Gasteiger partial charge on any atom is -0.489 e. The molecule has 0 unspecified atom stereocenters. The average Bonchev–Trinajstić information content (AvgIpc) is 2.88. The molecule has 2 aliphatic carbocycles. The Balaban J connectivity index is 1.26. The van der Waals surface area contributed by atoms with Crippen molar-refractivity contribution < 1.29 is 44.9 Å². The number of benzene rings is 2. The number of hydrogen-bond donors (Lipinski definition) is 0. The molecule has 0 saturated heterocycles. The van der Waals surface area contributed by atoms with E-state index in [1.807, 2.05) is 0 Å². The van der Waals surface area contributed by atoms with Gasteiger partial charge in [0.2, 0.25) is 0 Å². The molecule has 39 heavy (non-hydrogen) atoms. The third-order valence-corrected chi connectivity index (χ3v) is 7.85. The van der Waals surface area contributed by atoms with Crippen LogP contribution in [0.2, 0.25) is 0 Å². The maximum Gasteiger partial charge on any atom is 0.573 e. The van der Waals surface area contributed by atoms with E-state index in [9.17, 15) is 30.7 Å². The van der Waals surface area contributed by atoms with E-state index in [2.05, 4.69) is 11.3 Å². The van der Waals surface area contributed by atoms with Crippen molar-refractivity contribution in [3.8, 4) is 17.2 Å². The van der Waals surface area contributed by atoms with Crippen LogP contribution in [0.4, 0.5) is 30.7 Å². The zero-order valence-corrected chi connectivity index (χ0v) is 21.3. The molecule has 0 heterocycles. The Kier molecular flexibility index (Phi) is 9.01. The normalized spacial score (nSPS) is 24.2. The first-order chi connectivity index (χ1) is 18.4. The first-order valence-corrected chi connectivity index (χ1v) is 13.1. The van der Waals surface area contributed by atoms with Gasteiger partial charge in [0.15, 0.2) is 11.6 Å². The molecule has 0 aromatic heterocycles. The van der Waals surface area contributed by atoms with Gasteiger partial charge in [0, 0.05) is 12.1 Å². The summed E-state index contributed by atoms with van der Waals surface area (Å²) in [5.74, 6) is -3.28. The zero-order chi connectivity index (χ0) is 28.2. The van der Waals surface area contributed by atoms with Gasteiger partial charge in [-0.3, -0.25) is 0 Å². The molecule has 0 radical (unpaired) electrons. The smallest absolute Gasteiger partial charge is 0.489 e. The first kappa shape index (κ1) is 29.1. The molecular formula is C29H31F7O3. The summed E-state index contributed by atoms with van der Waals surface area (Å²) in [4.78, 5) is 0. The Morgan fingerprint density at radius 1 is 0.744 bits per heavy atom. The Hall–Kier alpha value is -2.91. The Labute approximate surface area is 222 Å². The minimum absolute atomic E-state index is 0.108. The van der Waals surface area contributed by atoms with E-state index in [1.54, 1.807) is 18.2 Å². The summed E-state index contributed by atoms with van der Waals surface area (Å²) in [5, 5.41) is 0. The fourth-order valence-corrected chi connectivity index (χ4v) is 5.91. The van der Waals surface area contributed by atoms with Crippen LogP contribution >= 0.6 is 0 Å². The largest absolute Gasteiger partial charge is 0.573 e. The number of hydrogen-bond acceptors (Lipinski definition) is 3. The van der Waals surface area contributed by atoms with Crippen LogP contribution in [0.15, 0.2) is 49.1 Å². The van der Waals surface area contributed by atoms with Crippen LogP contribution in [0.25, 0.3) is 0 Å². The molecule has 0 N–H and O–H groups in total. The molecule has 2 aromatic rings. The fourth-order valence-electron chi connectivity index (χ4n) is 5.91. The number of ether oxygens (including phenoxy) is 3. The highest BCUT2D eigenvalue weighted by atomic mass is 19.4. The van der Waals surface area contributed by atoms with Crippen LogP contribution in [0.1, 0.15) is 62.8 Å². The van der Waals surface area contributed by atoms with E-state index >= 15 is 0 Å². The lowest BCUT2D eigenvalue weighted by Gasteiger charge is -2.39. The van der Waals surface area contributed by atoms with E-state index < -0.39 is 35.7 Å². The lowest BCUT2D eigenvalue weighted by atomic mass is 9.68. The van der Waals surface area contributed by atoms with Gasteiger partial charge in [0.1, 0.15) is 23.9 Å². The van der Waals surface area contributed by atoms with E-state index in [4.69, 9.17) is 9.47 Å². The van der Waals surface area contributed by atoms with Gasteiger partial charge in [0.25, 0.3) is 0 Å². The van der Waals surface area contributed by atoms with Crippen molar-refractivity contribution in [1.29, 1.82) is 0 Å². The second kappa shape index (κ2) is 12.1. The Bertz CT molecular complexity index is 1120. The van der Waals surface area contributed by atoms with Gasteiger partial charge in [-0.2, -0.15) is 8.78 Å². The standard InChI is InChI=1S/C29H31F7O3/c1-2-15-37-22-11-13-24(25(30)16-22)20-5-3-18(4-6-20)19-7-9-21(10-8-19)28(32,33)38-23-12-14-27(26(31)17-23)39-29(34,35)36/h2,11-14,16-21H,1,3-10,15H2. The second-order valence-electron chi connectivity index (χ2n) is 10.3. The molecule has 3 nitrogen and oxygen atoms in total. The summed E-state index contributed by atoms with van der Waals surface area (Å²) in [7, 11) is 0. The minimum atomic E-state index is -5.10. The number of alkyl halides is 5. The molecule has 0 atom stereocenters. The summed E-state index contributed by atoms with van der Waals surface area (Å²) in [5.41, 5.74) is 0.675. The van der Waals surface area contributed by atoms with Crippen LogP contribution < -0.4 is 14.2 Å². The number of rotatable bonds is 9. The lowest BCUT2D eigenvalue weighted by molar-refractivity contribution is -0.275.